The molecule has 0 spiro atoms. The zero-order valence-corrected chi connectivity index (χ0v) is 24.4. The maximum absolute atomic E-state index is 13.7. The SMILES string of the molecule is C=CCN(CC=C)S(=O)(=O)c1ccc(C(=O)N(CCN(CC)CC)c2nc3c(OC)cccc3s2)cc1.Cl. The van der Waals surface area contributed by atoms with Gasteiger partial charge in [-0.1, -0.05) is 43.4 Å². The molecule has 0 aliphatic heterocycles. The highest BCUT2D eigenvalue weighted by atomic mass is 35.5. The number of thiazole rings is 1. The van der Waals surface area contributed by atoms with E-state index in [0.717, 1.165) is 17.8 Å². The summed E-state index contributed by atoms with van der Waals surface area (Å²) in [6.07, 6.45) is 3.05. The van der Waals surface area contributed by atoms with Gasteiger partial charge >= 0.3 is 0 Å². The van der Waals surface area contributed by atoms with E-state index in [1.54, 1.807) is 24.1 Å². The number of hydrogen-bond donors (Lipinski definition) is 0. The van der Waals surface area contributed by atoms with Gasteiger partial charge in [0.1, 0.15) is 11.3 Å². The van der Waals surface area contributed by atoms with E-state index in [9.17, 15) is 13.2 Å². The number of carbonyl (C=O) groups is 1. The molecule has 1 aromatic heterocycles. The van der Waals surface area contributed by atoms with Gasteiger partial charge in [0.2, 0.25) is 10.0 Å². The fourth-order valence-electron chi connectivity index (χ4n) is 3.89. The van der Waals surface area contributed by atoms with Crippen LogP contribution in [0, 0.1) is 0 Å². The fourth-order valence-corrected chi connectivity index (χ4v) is 6.28. The minimum Gasteiger partial charge on any atom is -0.494 e. The molecule has 1 heterocycles. The van der Waals surface area contributed by atoms with Crippen LogP contribution >= 0.6 is 23.7 Å². The number of aromatic nitrogens is 1. The van der Waals surface area contributed by atoms with Gasteiger partial charge in [-0.15, -0.1) is 25.6 Å². The molecule has 0 saturated carbocycles. The summed E-state index contributed by atoms with van der Waals surface area (Å²) < 4.78 is 33.8. The largest absolute Gasteiger partial charge is 0.494 e. The molecule has 0 unspecified atom stereocenters. The number of rotatable bonds is 14. The third-order valence-corrected chi connectivity index (χ3v) is 8.89. The number of sulfonamides is 1. The second kappa shape index (κ2) is 14.4. The number of halogens is 1. The normalized spacial score (nSPS) is 11.4. The van der Waals surface area contributed by atoms with Crippen molar-refractivity contribution in [2.24, 2.45) is 0 Å². The Morgan fingerprint density at radius 1 is 1.03 bits per heavy atom. The predicted octanol–water partition coefficient (Wildman–Crippen LogP) is 5.08. The molecule has 0 atom stereocenters. The summed E-state index contributed by atoms with van der Waals surface area (Å²) in [4.78, 5) is 22.5. The quantitative estimate of drug-likeness (QED) is 0.248. The van der Waals surface area contributed by atoms with Gasteiger partial charge in [0.25, 0.3) is 5.91 Å². The fraction of sp³-hybridized carbons (Fsp3) is 0.333. The molecule has 0 aliphatic rings. The summed E-state index contributed by atoms with van der Waals surface area (Å²) in [5.41, 5.74) is 1.08. The van der Waals surface area contributed by atoms with Crippen LogP contribution in [0.4, 0.5) is 5.13 Å². The summed E-state index contributed by atoms with van der Waals surface area (Å²) >= 11 is 1.42. The standard InChI is InChI=1S/C27H34N4O4S2.ClH/c1-6-17-30(18-7-2)37(33,34)22-15-13-21(14-16-22)26(32)31(20-19-29(8-3)9-4)27-28-25-23(35-5)11-10-12-24(25)36-27;/h6-7,10-16H,1-2,8-9,17-20H2,3-5H3;1H. The maximum Gasteiger partial charge on any atom is 0.260 e. The van der Waals surface area contributed by atoms with Crippen LogP contribution in [-0.2, 0) is 10.0 Å². The summed E-state index contributed by atoms with van der Waals surface area (Å²) in [6.45, 7) is 14.6. The highest BCUT2D eigenvalue weighted by Crippen LogP contribution is 2.34. The van der Waals surface area contributed by atoms with E-state index >= 15 is 0 Å². The summed E-state index contributed by atoms with van der Waals surface area (Å²) in [7, 11) is -2.16. The molecule has 8 nitrogen and oxygen atoms in total. The second-order valence-electron chi connectivity index (χ2n) is 8.21. The van der Waals surface area contributed by atoms with E-state index < -0.39 is 10.0 Å². The first-order valence-corrected chi connectivity index (χ1v) is 14.4. The maximum atomic E-state index is 13.7. The minimum atomic E-state index is -3.76. The molecule has 0 N–H and O–H groups in total. The lowest BCUT2D eigenvalue weighted by molar-refractivity contribution is 0.0983. The Hall–Kier alpha value is -2.76. The Morgan fingerprint density at radius 3 is 2.21 bits per heavy atom. The van der Waals surface area contributed by atoms with Gasteiger partial charge in [-0.2, -0.15) is 4.31 Å². The van der Waals surface area contributed by atoms with Crippen LogP contribution in [0.15, 0.2) is 72.7 Å². The lowest BCUT2D eigenvalue weighted by Gasteiger charge is -2.25. The molecule has 3 rings (SSSR count). The van der Waals surface area contributed by atoms with Crippen molar-refractivity contribution >= 4 is 55.0 Å². The van der Waals surface area contributed by atoms with Gasteiger partial charge in [0, 0.05) is 31.7 Å². The average molecular weight is 579 g/mol. The average Bonchev–Trinajstić information content (AvgIpc) is 3.35. The van der Waals surface area contributed by atoms with E-state index in [1.165, 1.54) is 39.9 Å². The van der Waals surface area contributed by atoms with Crippen molar-refractivity contribution in [3.05, 3.63) is 73.3 Å². The lowest BCUT2D eigenvalue weighted by Crippen LogP contribution is -2.39. The highest BCUT2D eigenvalue weighted by Gasteiger charge is 2.25. The first kappa shape index (κ1) is 31.5. The Balaban J connectivity index is 0.00000507. The van der Waals surface area contributed by atoms with E-state index in [4.69, 9.17) is 9.72 Å². The minimum absolute atomic E-state index is 0. The van der Waals surface area contributed by atoms with Crippen molar-refractivity contribution in [2.45, 2.75) is 18.7 Å². The number of anilines is 1. The Kier molecular flexibility index (Phi) is 11.9. The van der Waals surface area contributed by atoms with Crippen LogP contribution in [0.5, 0.6) is 5.75 Å². The zero-order valence-electron chi connectivity index (χ0n) is 22.0. The van der Waals surface area contributed by atoms with Crippen molar-refractivity contribution in [1.29, 1.82) is 0 Å². The third kappa shape index (κ3) is 7.00. The number of carbonyl (C=O) groups excluding carboxylic acids is 1. The Bertz CT molecular complexity index is 1330. The van der Waals surface area contributed by atoms with E-state index in [0.29, 0.717) is 35.1 Å². The number of para-hydroxylation sites is 1. The number of likely N-dealkylation sites (N-methyl/N-ethyl adjacent to an activating group) is 1. The van der Waals surface area contributed by atoms with Gasteiger partial charge in [-0.3, -0.25) is 9.69 Å². The molecule has 3 aromatic rings. The van der Waals surface area contributed by atoms with Crippen molar-refractivity contribution in [3.8, 4) is 5.75 Å². The molecule has 1 amide bonds. The topological polar surface area (TPSA) is 83.1 Å². The monoisotopic (exact) mass is 578 g/mol. The number of nitrogens with zero attached hydrogens (tertiary/aromatic N) is 4. The molecule has 38 heavy (non-hydrogen) atoms. The Labute approximate surface area is 235 Å². The summed E-state index contributed by atoms with van der Waals surface area (Å²) in [5, 5.41) is 0.566. The molecule has 0 radical (unpaired) electrons. The number of hydrogen-bond acceptors (Lipinski definition) is 7. The van der Waals surface area contributed by atoms with Gasteiger partial charge < -0.3 is 9.64 Å². The van der Waals surface area contributed by atoms with Crippen molar-refractivity contribution in [2.75, 3.05) is 51.3 Å². The van der Waals surface area contributed by atoms with Gasteiger partial charge in [0.15, 0.2) is 5.13 Å². The molecular formula is C27H35ClN4O4S2. The van der Waals surface area contributed by atoms with Crippen LogP contribution in [0.3, 0.4) is 0 Å². The number of methoxy groups -OCH3 is 1. The van der Waals surface area contributed by atoms with Crippen molar-refractivity contribution in [3.63, 3.8) is 0 Å². The van der Waals surface area contributed by atoms with Crippen LogP contribution in [0.25, 0.3) is 10.2 Å². The van der Waals surface area contributed by atoms with Crippen LogP contribution in [0.2, 0.25) is 0 Å². The van der Waals surface area contributed by atoms with E-state index in [-0.39, 0.29) is 36.3 Å². The summed E-state index contributed by atoms with van der Waals surface area (Å²) in [5.74, 6) is 0.400. The summed E-state index contributed by atoms with van der Waals surface area (Å²) in [6, 6.07) is 11.7. The molecule has 206 valence electrons. The molecular weight excluding hydrogens is 544 g/mol. The van der Waals surface area contributed by atoms with Gasteiger partial charge in [-0.25, -0.2) is 13.4 Å². The lowest BCUT2D eigenvalue weighted by atomic mass is 10.2. The first-order chi connectivity index (χ1) is 17.8. The number of amides is 1. The van der Waals surface area contributed by atoms with Crippen molar-refractivity contribution < 1.29 is 17.9 Å². The smallest absolute Gasteiger partial charge is 0.260 e. The number of benzene rings is 2. The van der Waals surface area contributed by atoms with Crippen LogP contribution < -0.4 is 9.64 Å². The van der Waals surface area contributed by atoms with Gasteiger partial charge in [-0.05, 0) is 49.5 Å². The molecule has 0 fully saturated rings. The van der Waals surface area contributed by atoms with E-state index in [2.05, 4.69) is 31.9 Å². The van der Waals surface area contributed by atoms with E-state index in [1.807, 2.05) is 18.2 Å². The first-order valence-electron chi connectivity index (χ1n) is 12.1. The zero-order chi connectivity index (χ0) is 27.0. The van der Waals surface area contributed by atoms with Crippen LogP contribution in [0.1, 0.15) is 24.2 Å². The van der Waals surface area contributed by atoms with Crippen LogP contribution in [-0.4, -0.2) is 74.9 Å². The molecule has 0 saturated heterocycles. The highest BCUT2D eigenvalue weighted by molar-refractivity contribution is 7.89. The predicted molar refractivity (Wildman–Crippen MR) is 158 cm³/mol. The second-order valence-corrected chi connectivity index (χ2v) is 11.2. The van der Waals surface area contributed by atoms with Gasteiger partial charge in [0.05, 0.1) is 16.7 Å². The Morgan fingerprint density at radius 2 is 1.66 bits per heavy atom. The van der Waals surface area contributed by atoms with Crippen molar-refractivity contribution in [1.82, 2.24) is 14.2 Å². The third-order valence-electron chi connectivity index (χ3n) is 6.01. The molecule has 2 aromatic carbocycles. The number of ether oxygens (including phenoxy) is 1. The molecule has 0 bridgehead atoms. The molecule has 0 aliphatic carbocycles. The number of fused-ring (bicyclic) bond motifs is 1. The molecule has 11 heteroatoms.